The Hall–Kier alpha value is -3.25. The van der Waals surface area contributed by atoms with Crippen molar-refractivity contribution in [3.8, 4) is 0 Å². The van der Waals surface area contributed by atoms with Crippen LogP contribution in [0.1, 0.15) is 38.8 Å². The van der Waals surface area contributed by atoms with Crippen LogP contribution in [-0.2, 0) is 4.79 Å². The van der Waals surface area contributed by atoms with Gasteiger partial charge < -0.3 is 5.32 Å². The molecule has 29 heavy (non-hydrogen) atoms. The third-order valence-corrected chi connectivity index (χ3v) is 5.85. The van der Waals surface area contributed by atoms with E-state index in [9.17, 15) is 18.8 Å². The van der Waals surface area contributed by atoms with Gasteiger partial charge in [0.1, 0.15) is 5.82 Å². The summed E-state index contributed by atoms with van der Waals surface area (Å²) in [6.45, 7) is 1.68. The zero-order chi connectivity index (χ0) is 20.5. The number of anilines is 1. The van der Waals surface area contributed by atoms with E-state index in [1.165, 1.54) is 12.1 Å². The number of carbonyl (C=O) groups is 3. The minimum absolute atomic E-state index is 0.212. The van der Waals surface area contributed by atoms with Gasteiger partial charge in [0.15, 0.2) is 11.6 Å². The maximum absolute atomic E-state index is 13.8. The minimum atomic E-state index is -0.555. The molecule has 1 amide bonds. The molecule has 1 N–H and O–H groups in total. The van der Waals surface area contributed by atoms with E-state index in [-0.39, 0.29) is 28.9 Å². The summed E-state index contributed by atoms with van der Waals surface area (Å²) in [4.78, 5) is 38.4. The second kappa shape index (κ2) is 7.64. The predicted molar refractivity (Wildman–Crippen MR) is 110 cm³/mol. The Kier molecular flexibility index (Phi) is 5.03. The van der Waals surface area contributed by atoms with E-state index in [0.717, 1.165) is 11.8 Å². The largest absolute Gasteiger partial charge is 0.325 e. The summed E-state index contributed by atoms with van der Waals surface area (Å²) in [6, 6.07) is 17.6. The molecule has 0 spiro atoms. The SMILES string of the molecule is CC(Sc1ccccc1F)C(=O)Nc1ccc2c(c1)C(=O)c1ccccc1C2=O. The van der Waals surface area contributed by atoms with Crippen molar-refractivity contribution in [2.45, 2.75) is 17.1 Å². The molecule has 144 valence electrons. The lowest BCUT2D eigenvalue weighted by atomic mass is 9.84. The second-order valence-electron chi connectivity index (χ2n) is 6.64. The van der Waals surface area contributed by atoms with Crippen LogP contribution in [0, 0.1) is 5.82 Å². The van der Waals surface area contributed by atoms with Gasteiger partial charge in [0.05, 0.1) is 5.25 Å². The molecule has 6 heteroatoms. The normalized spacial score (nSPS) is 13.4. The van der Waals surface area contributed by atoms with Crippen molar-refractivity contribution < 1.29 is 18.8 Å². The number of nitrogens with one attached hydrogen (secondary N) is 1. The molecule has 4 rings (SSSR count). The molecule has 3 aromatic carbocycles. The molecule has 1 aliphatic carbocycles. The number of thioether (sulfide) groups is 1. The molecule has 0 saturated heterocycles. The molecule has 1 unspecified atom stereocenters. The number of rotatable bonds is 4. The van der Waals surface area contributed by atoms with Gasteiger partial charge in [-0.1, -0.05) is 36.4 Å². The first-order valence-corrected chi connectivity index (χ1v) is 9.88. The number of carbonyl (C=O) groups excluding carboxylic acids is 3. The zero-order valence-electron chi connectivity index (χ0n) is 15.4. The molecule has 0 fully saturated rings. The molecule has 0 bridgehead atoms. The van der Waals surface area contributed by atoms with Crippen LogP contribution < -0.4 is 5.32 Å². The number of benzene rings is 3. The first-order chi connectivity index (χ1) is 14.0. The van der Waals surface area contributed by atoms with E-state index in [0.29, 0.717) is 27.3 Å². The van der Waals surface area contributed by atoms with Crippen molar-refractivity contribution in [2.24, 2.45) is 0 Å². The highest BCUT2D eigenvalue weighted by molar-refractivity contribution is 8.00. The van der Waals surface area contributed by atoms with Crippen LogP contribution in [0.2, 0.25) is 0 Å². The Balaban J connectivity index is 1.55. The van der Waals surface area contributed by atoms with Gasteiger partial charge in [0, 0.05) is 32.8 Å². The highest BCUT2D eigenvalue weighted by Gasteiger charge is 2.29. The van der Waals surface area contributed by atoms with E-state index in [4.69, 9.17) is 0 Å². The van der Waals surface area contributed by atoms with Gasteiger partial charge in [-0.25, -0.2) is 4.39 Å². The Labute approximate surface area is 171 Å². The van der Waals surface area contributed by atoms with Crippen molar-refractivity contribution in [3.05, 3.63) is 94.8 Å². The van der Waals surface area contributed by atoms with Gasteiger partial charge in [-0.05, 0) is 37.3 Å². The Morgan fingerprint density at radius 2 is 1.45 bits per heavy atom. The fraction of sp³-hybridized carbons (Fsp3) is 0.0870. The zero-order valence-corrected chi connectivity index (χ0v) is 16.3. The van der Waals surface area contributed by atoms with Gasteiger partial charge in [-0.15, -0.1) is 11.8 Å². The standard InChI is InChI=1S/C23H16FNO3S/c1-13(29-20-9-5-4-8-19(20)24)23(28)25-14-10-11-17-18(12-14)22(27)16-7-3-2-6-15(16)21(17)26/h2-13H,1H3,(H,25,28). The van der Waals surface area contributed by atoms with Crippen LogP contribution in [0.3, 0.4) is 0 Å². The topological polar surface area (TPSA) is 63.2 Å². The summed E-state index contributed by atoms with van der Waals surface area (Å²) < 4.78 is 13.8. The molecule has 1 aliphatic rings. The number of halogens is 1. The highest BCUT2D eigenvalue weighted by atomic mass is 32.2. The third-order valence-electron chi connectivity index (χ3n) is 4.70. The van der Waals surface area contributed by atoms with Crippen LogP contribution in [0.25, 0.3) is 0 Å². The smallest absolute Gasteiger partial charge is 0.237 e. The lowest BCUT2D eigenvalue weighted by molar-refractivity contribution is -0.115. The molecule has 3 aromatic rings. The first kappa shape index (κ1) is 19.1. The van der Waals surface area contributed by atoms with Crippen LogP contribution in [-0.4, -0.2) is 22.7 Å². The van der Waals surface area contributed by atoms with E-state index < -0.39 is 5.25 Å². The average Bonchev–Trinajstić information content (AvgIpc) is 2.73. The molecule has 0 saturated carbocycles. The Bertz CT molecular complexity index is 1160. The Morgan fingerprint density at radius 1 is 0.862 bits per heavy atom. The quantitative estimate of drug-likeness (QED) is 0.499. The summed E-state index contributed by atoms with van der Waals surface area (Å²) in [5.41, 5.74) is 1.74. The minimum Gasteiger partial charge on any atom is -0.325 e. The van der Waals surface area contributed by atoms with Crippen LogP contribution >= 0.6 is 11.8 Å². The summed E-state index contributed by atoms with van der Waals surface area (Å²) >= 11 is 1.11. The molecule has 0 heterocycles. The lowest BCUT2D eigenvalue weighted by Crippen LogP contribution is -2.24. The third kappa shape index (κ3) is 3.59. The average molecular weight is 405 g/mol. The summed E-state index contributed by atoms with van der Waals surface area (Å²) in [6.07, 6.45) is 0. The van der Waals surface area contributed by atoms with Gasteiger partial charge in [0.2, 0.25) is 5.91 Å². The molecular formula is C23H16FNO3S. The van der Waals surface area contributed by atoms with Gasteiger partial charge >= 0.3 is 0 Å². The monoisotopic (exact) mass is 405 g/mol. The number of fused-ring (bicyclic) bond motifs is 2. The van der Waals surface area contributed by atoms with E-state index in [2.05, 4.69) is 5.32 Å². The summed E-state index contributed by atoms with van der Waals surface area (Å²) in [7, 11) is 0. The van der Waals surface area contributed by atoms with Crippen molar-refractivity contribution in [3.63, 3.8) is 0 Å². The second-order valence-corrected chi connectivity index (χ2v) is 8.03. The highest BCUT2D eigenvalue weighted by Crippen LogP contribution is 2.30. The first-order valence-electron chi connectivity index (χ1n) is 9.00. The fourth-order valence-electron chi connectivity index (χ4n) is 3.21. The summed E-state index contributed by atoms with van der Waals surface area (Å²) in [5.74, 6) is -1.17. The fourth-order valence-corrected chi connectivity index (χ4v) is 4.09. The van der Waals surface area contributed by atoms with E-state index in [1.807, 2.05) is 0 Å². The lowest BCUT2D eigenvalue weighted by Gasteiger charge is -2.19. The van der Waals surface area contributed by atoms with E-state index >= 15 is 0 Å². The molecular weight excluding hydrogens is 389 g/mol. The summed E-state index contributed by atoms with van der Waals surface area (Å²) in [5, 5.41) is 2.19. The Morgan fingerprint density at radius 3 is 2.14 bits per heavy atom. The van der Waals surface area contributed by atoms with Crippen molar-refractivity contribution in [1.29, 1.82) is 0 Å². The number of ketones is 2. The molecule has 4 nitrogen and oxygen atoms in total. The number of hydrogen-bond donors (Lipinski definition) is 1. The van der Waals surface area contributed by atoms with Crippen LogP contribution in [0.4, 0.5) is 10.1 Å². The van der Waals surface area contributed by atoms with Crippen molar-refractivity contribution in [1.82, 2.24) is 0 Å². The molecule has 1 atom stereocenters. The van der Waals surface area contributed by atoms with Crippen LogP contribution in [0.15, 0.2) is 71.6 Å². The van der Waals surface area contributed by atoms with Gasteiger partial charge in [0.25, 0.3) is 0 Å². The van der Waals surface area contributed by atoms with E-state index in [1.54, 1.807) is 61.5 Å². The molecule has 0 aliphatic heterocycles. The molecule has 0 aromatic heterocycles. The van der Waals surface area contributed by atoms with Crippen LogP contribution in [0.5, 0.6) is 0 Å². The predicted octanol–water partition coefficient (Wildman–Crippen LogP) is 4.72. The maximum Gasteiger partial charge on any atom is 0.237 e. The number of hydrogen-bond acceptors (Lipinski definition) is 4. The van der Waals surface area contributed by atoms with Crippen molar-refractivity contribution >= 4 is 34.9 Å². The van der Waals surface area contributed by atoms with Gasteiger partial charge in [-0.2, -0.15) is 0 Å². The van der Waals surface area contributed by atoms with Gasteiger partial charge in [-0.3, -0.25) is 14.4 Å². The molecule has 0 radical (unpaired) electrons. The number of amides is 1. The maximum atomic E-state index is 13.8. The van der Waals surface area contributed by atoms with Crippen molar-refractivity contribution in [2.75, 3.05) is 5.32 Å².